The molecule has 0 bridgehead atoms. The minimum atomic E-state index is -3.24. The molecule has 0 aliphatic heterocycles. The standard InChI is InChI=1S/C13H31N3O2S/c1-6-9-14-10-13(5)19(17,18)15-12(4)11-16(7-2)8-3/h12-15H,6-11H2,1-5H3. The first-order valence-corrected chi connectivity index (χ1v) is 8.86. The van der Waals surface area contributed by atoms with Crippen LogP contribution < -0.4 is 10.0 Å². The van der Waals surface area contributed by atoms with Crippen LogP contribution in [0.15, 0.2) is 0 Å². The van der Waals surface area contributed by atoms with Crippen molar-refractivity contribution >= 4 is 10.0 Å². The molecule has 0 saturated heterocycles. The maximum Gasteiger partial charge on any atom is 0.215 e. The third-order valence-corrected chi connectivity index (χ3v) is 5.14. The summed E-state index contributed by atoms with van der Waals surface area (Å²) in [6.07, 6.45) is 1.01. The van der Waals surface area contributed by atoms with Gasteiger partial charge in [-0.05, 0) is 39.9 Å². The predicted octanol–water partition coefficient (Wildman–Crippen LogP) is 1.02. The fourth-order valence-electron chi connectivity index (χ4n) is 1.89. The van der Waals surface area contributed by atoms with E-state index in [9.17, 15) is 8.42 Å². The van der Waals surface area contributed by atoms with E-state index < -0.39 is 15.3 Å². The minimum Gasteiger partial charge on any atom is -0.315 e. The van der Waals surface area contributed by atoms with E-state index in [4.69, 9.17) is 0 Å². The van der Waals surface area contributed by atoms with Crippen molar-refractivity contribution in [2.45, 2.75) is 52.3 Å². The first kappa shape index (κ1) is 18.8. The van der Waals surface area contributed by atoms with E-state index in [1.807, 2.05) is 6.92 Å². The maximum atomic E-state index is 12.1. The molecule has 0 aliphatic rings. The van der Waals surface area contributed by atoms with Gasteiger partial charge in [-0.3, -0.25) is 0 Å². The summed E-state index contributed by atoms with van der Waals surface area (Å²) < 4.78 is 27.0. The fourth-order valence-corrected chi connectivity index (χ4v) is 3.10. The Bertz CT molecular complexity index is 316. The Kier molecular flexibility index (Phi) is 9.60. The van der Waals surface area contributed by atoms with Crippen LogP contribution in [-0.2, 0) is 10.0 Å². The van der Waals surface area contributed by atoms with Gasteiger partial charge < -0.3 is 10.2 Å². The molecule has 6 heteroatoms. The third-order valence-electron chi connectivity index (χ3n) is 3.18. The molecule has 0 heterocycles. The van der Waals surface area contributed by atoms with Gasteiger partial charge in [-0.15, -0.1) is 0 Å². The van der Waals surface area contributed by atoms with Gasteiger partial charge in [0.25, 0.3) is 0 Å². The molecule has 116 valence electrons. The van der Waals surface area contributed by atoms with Gasteiger partial charge in [-0.1, -0.05) is 20.8 Å². The zero-order chi connectivity index (χ0) is 14.9. The van der Waals surface area contributed by atoms with Gasteiger partial charge in [0.15, 0.2) is 0 Å². The van der Waals surface area contributed by atoms with E-state index >= 15 is 0 Å². The normalized spacial score (nSPS) is 15.7. The second kappa shape index (κ2) is 9.69. The molecule has 0 aromatic carbocycles. The Morgan fingerprint density at radius 1 is 1.11 bits per heavy atom. The van der Waals surface area contributed by atoms with Gasteiger partial charge >= 0.3 is 0 Å². The number of nitrogens with zero attached hydrogens (tertiary/aromatic N) is 1. The lowest BCUT2D eigenvalue weighted by atomic mass is 10.3. The van der Waals surface area contributed by atoms with Crippen LogP contribution >= 0.6 is 0 Å². The van der Waals surface area contributed by atoms with Crippen molar-refractivity contribution in [2.24, 2.45) is 0 Å². The lowest BCUT2D eigenvalue weighted by Gasteiger charge is -2.24. The molecule has 19 heavy (non-hydrogen) atoms. The summed E-state index contributed by atoms with van der Waals surface area (Å²) in [4.78, 5) is 2.22. The van der Waals surface area contributed by atoms with E-state index in [0.29, 0.717) is 6.54 Å². The van der Waals surface area contributed by atoms with Crippen LogP contribution in [-0.4, -0.2) is 57.3 Å². The van der Waals surface area contributed by atoms with Crippen molar-refractivity contribution in [1.29, 1.82) is 0 Å². The van der Waals surface area contributed by atoms with Crippen molar-refractivity contribution in [3.05, 3.63) is 0 Å². The highest BCUT2D eigenvalue weighted by Gasteiger charge is 2.22. The Labute approximate surface area is 119 Å². The highest BCUT2D eigenvalue weighted by Crippen LogP contribution is 2.01. The fraction of sp³-hybridized carbons (Fsp3) is 1.00. The molecule has 0 aromatic heterocycles. The number of sulfonamides is 1. The van der Waals surface area contributed by atoms with E-state index in [1.165, 1.54) is 0 Å². The second-order valence-corrected chi connectivity index (χ2v) is 7.19. The second-order valence-electron chi connectivity index (χ2n) is 5.06. The summed E-state index contributed by atoms with van der Waals surface area (Å²) >= 11 is 0. The number of nitrogens with one attached hydrogen (secondary N) is 2. The zero-order valence-electron chi connectivity index (χ0n) is 13.1. The molecular formula is C13H31N3O2S. The van der Waals surface area contributed by atoms with E-state index in [1.54, 1.807) is 6.92 Å². The molecule has 0 spiro atoms. The maximum absolute atomic E-state index is 12.1. The van der Waals surface area contributed by atoms with Crippen LogP contribution in [0, 0.1) is 0 Å². The minimum absolute atomic E-state index is 0.0569. The highest BCUT2D eigenvalue weighted by molar-refractivity contribution is 7.90. The van der Waals surface area contributed by atoms with Crippen molar-refractivity contribution in [1.82, 2.24) is 14.9 Å². The smallest absolute Gasteiger partial charge is 0.215 e. The molecule has 5 nitrogen and oxygen atoms in total. The molecule has 0 fully saturated rings. The average molecular weight is 293 g/mol. The summed E-state index contributed by atoms with van der Waals surface area (Å²) in [6, 6.07) is -0.0569. The average Bonchev–Trinajstić information content (AvgIpc) is 2.35. The lowest BCUT2D eigenvalue weighted by Crippen LogP contribution is -2.46. The summed E-state index contributed by atoms with van der Waals surface area (Å²) in [6.45, 7) is 13.9. The number of likely N-dealkylation sites (N-methyl/N-ethyl adjacent to an activating group) is 1. The SMILES string of the molecule is CCCNCC(C)S(=O)(=O)NC(C)CN(CC)CC. The Morgan fingerprint density at radius 3 is 2.16 bits per heavy atom. The van der Waals surface area contributed by atoms with Gasteiger partial charge in [0.2, 0.25) is 10.0 Å². The molecule has 0 aliphatic carbocycles. The Hall–Kier alpha value is -0.170. The molecule has 0 amide bonds. The van der Waals surface area contributed by atoms with Crippen molar-refractivity contribution in [3.63, 3.8) is 0 Å². The summed E-state index contributed by atoms with van der Waals surface area (Å²) in [5.41, 5.74) is 0. The molecule has 2 N–H and O–H groups in total. The third kappa shape index (κ3) is 7.87. The summed E-state index contributed by atoms with van der Waals surface area (Å²) in [5, 5.41) is 2.74. The van der Waals surface area contributed by atoms with Crippen LogP contribution in [0.4, 0.5) is 0 Å². The predicted molar refractivity (Wildman–Crippen MR) is 81.9 cm³/mol. The Balaban J connectivity index is 4.26. The largest absolute Gasteiger partial charge is 0.315 e. The van der Waals surface area contributed by atoms with E-state index in [2.05, 4.69) is 35.7 Å². The summed E-state index contributed by atoms with van der Waals surface area (Å²) in [7, 11) is -3.24. The van der Waals surface area contributed by atoms with E-state index in [-0.39, 0.29) is 6.04 Å². The lowest BCUT2D eigenvalue weighted by molar-refractivity contribution is 0.282. The van der Waals surface area contributed by atoms with Crippen molar-refractivity contribution < 1.29 is 8.42 Å². The van der Waals surface area contributed by atoms with Crippen molar-refractivity contribution in [2.75, 3.05) is 32.7 Å². The van der Waals surface area contributed by atoms with Crippen LogP contribution in [0.3, 0.4) is 0 Å². The van der Waals surface area contributed by atoms with Gasteiger partial charge in [-0.25, -0.2) is 13.1 Å². The van der Waals surface area contributed by atoms with Crippen LogP contribution in [0.25, 0.3) is 0 Å². The first-order valence-electron chi connectivity index (χ1n) is 7.31. The van der Waals surface area contributed by atoms with Gasteiger partial charge in [-0.2, -0.15) is 0 Å². The van der Waals surface area contributed by atoms with Gasteiger partial charge in [0.05, 0.1) is 5.25 Å². The van der Waals surface area contributed by atoms with E-state index in [0.717, 1.165) is 32.6 Å². The summed E-state index contributed by atoms with van der Waals surface area (Å²) in [5.74, 6) is 0. The topological polar surface area (TPSA) is 61.4 Å². The number of hydrogen-bond acceptors (Lipinski definition) is 4. The van der Waals surface area contributed by atoms with Gasteiger partial charge in [0.1, 0.15) is 0 Å². The number of hydrogen-bond donors (Lipinski definition) is 2. The van der Waals surface area contributed by atoms with Crippen LogP contribution in [0.2, 0.25) is 0 Å². The van der Waals surface area contributed by atoms with Gasteiger partial charge in [0, 0.05) is 19.1 Å². The molecular weight excluding hydrogens is 262 g/mol. The molecule has 2 unspecified atom stereocenters. The van der Waals surface area contributed by atoms with Crippen molar-refractivity contribution in [3.8, 4) is 0 Å². The first-order chi connectivity index (χ1) is 8.87. The molecule has 2 atom stereocenters. The quantitative estimate of drug-likeness (QED) is 0.559. The Morgan fingerprint density at radius 2 is 1.68 bits per heavy atom. The molecule has 0 radical (unpaired) electrons. The monoisotopic (exact) mass is 293 g/mol. The van der Waals surface area contributed by atoms with Crippen LogP contribution in [0.1, 0.15) is 41.0 Å². The van der Waals surface area contributed by atoms with Crippen LogP contribution in [0.5, 0.6) is 0 Å². The number of rotatable bonds is 11. The highest BCUT2D eigenvalue weighted by atomic mass is 32.2. The molecule has 0 rings (SSSR count). The molecule has 0 aromatic rings. The molecule has 0 saturated carbocycles. The zero-order valence-corrected chi connectivity index (χ0v) is 13.9.